The summed E-state index contributed by atoms with van der Waals surface area (Å²) in [6.45, 7) is 8.94. The topological polar surface area (TPSA) is 109 Å². The molecular weight excluding hydrogens is 594 g/mol. The molecule has 2 heterocycles. The van der Waals surface area contributed by atoms with Gasteiger partial charge in [0, 0.05) is 34.2 Å². The first-order valence-electron chi connectivity index (χ1n) is 16.5. The summed E-state index contributed by atoms with van der Waals surface area (Å²) in [5.74, 6) is 2.18. The minimum absolute atomic E-state index is 0.0298. The average molecular weight is 642 g/mol. The second-order valence-corrected chi connectivity index (χ2v) is 14.1. The van der Waals surface area contributed by atoms with Gasteiger partial charge in [-0.3, -0.25) is 4.79 Å². The Hall–Kier alpha value is -4.17. The molecule has 2 aliphatic heterocycles. The van der Waals surface area contributed by atoms with Crippen molar-refractivity contribution in [3.8, 4) is 28.7 Å². The first kappa shape index (κ1) is 32.8. The molecule has 1 amide bonds. The number of methoxy groups -OCH3 is 3. The van der Waals surface area contributed by atoms with Crippen LogP contribution in [0.4, 0.5) is 0 Å². The van der Waals surface area contributed by atoms with Crippen LogP contribution in [0.5, 0.6) is 28.7 Å². The van der Waals surface area contributed by atoms with E-state index in [4.69, 9.17) is 29.4 Å². The van der Waals surface area contributed by atoms with Crippen molar-refractivity contribution in [2.24, 2.45) is 17.1 Å². The molecule has 1 saturated carbocycles. The molecule has 8 nitrogen and oxygen atoms in total. The Morgan fingerprint density at radius 3 is 2.38 bits per heavy atom. The Morgan fingerprint density at radius 2 is 1.70 bits per heavy atom. The third kappa shape index (κ3) is 5.50. The zero-order valence-corrected chi connectivity index (χ0v) is 28.6. The molecule has 4 aliphatic rings. The molecule has 4 unspecified atom stereocenters. The van der Waals surface area contributed by atoms with Gasteiger partial charge in [-0.1, -0.05) is 52.3 Å². The number of nitrogens with two attached hydrogens (primary N) is 1. The largest absolute Gasteiger partial charge is 0.497 e. The number of hydrogen-bond donors (Lipinski definition) is 2. The molecule has 0 spiro atoms. The number of amides is 1. The molecule has 47 heavy (non-hydrogen) atoms. The first-order chi connectivity index (χ1) is 22.4. The van der Waals surface area contributed by atoms with Crippen molar-refractivity contribution in [1.82, 2.24) is 0 Å². The van der Waals surface area contributed by atoms with E-state index in [-0.39, 0.29) is 23.3 Å². The lowest BCUT2D eigenvalue weighted by atomic mass is 9.49. The van der Waals surface area contributed by atoms with Gasteiger partial charge in [0.05, 0.1) is 21.3 Å². The second-order valence-electron chi connectivity index (χ2n) is 14.1. The standard InChI is InChI=1S/C20H29NO.C19H18O6/c1-13(2)14-6-8-16-15(12-14)7-9-17-19(16,3)10-5-11-20(17,4)18(21)22;1-21-12-5-4-11-6-14-13-8-17(22-2)18(23-3)9-16(13)24-10-19(14,20)25-15(11)7-12/h6,8,12-13,17H,5,7,9-11H2,1-4H3,(H2,21,22);4-9,20H,10H2,1-3H3. The lowest BCUT2D eigenvalue weighted by molar-refractivity contribution is -0.135. The third-order valence-electron chi connectivity index (χ3n) is 11.0. The molecule has 0 aromatic heterocycles. The Kier molecular flexibility index (Phi) is 8.45. The summed E-state index contributed by atoms with van der Waals surface area (Å²) in [7, 11) is 4.71. The van der Waals surface area contributed by atoms with Crippen molar-refractivity contribution < 1.29 is 33.6 Å². The van der Waals surface area contributed by atoms with Crippen LogP contribution in [-0.4, -0.2) is 44.7 Å². The minimum atomic E-state index is -1.58. The number of aryl methyl sites for hydroxylation is 1. The van der Waals surface area contributed by atoms with E-state index >= 15 is 0 Å². The monoisotopic (exact) mass is 641 g/mol. The van der Waals surface area contributed by atoms with Gasteiger partial charge in [0.2, 0.25) is 5.91 Å². The molecule has 8 heteroatoms. The van der Waals surface area contributed by atoms with Gasteiger partial charge in [0.1, 0.15) is 17.2 Å². The number of ether oxygens (including phenoxy) is 5. The highest BCUT2D eigenvalue weighted by Crippen LogP contribution is 2.57. The number of primary amides is 1. The van der Waals surface area contributed by atoms with E-state index in [1.54, 1.807) is 39.5 Å². The molecule has 250 valence electrons. The van der Waals surface area contributed by atoms with Crippen molar-refractivity contribution in [2.45, 2.75) is 76.9 Å². The number of carbonyl (C=O) groups is 1. The van der Waals surface area contributed by atoms with Crippen LogP contribution in [0.1, 0.15) is 87.1 Å². The summed E-state index contributed by atoms with van der Waals surface area (Å²) in [6, 6.07) is 16.0. The van der Waals surface area contributed by atoms with Gasteiger partial charge in [0.15, 0.2) is 18.1 Å². The van der Waals surface area contributed by atoms with Crippen LogP contribution in [0.3, 0.4) is 0 Å². The molecule has 7 rings (SSSR count). The van der Waals surface area contributed by atoms with E-state index in [2.05, 4.69) is 45.9 Å². The van der Waals surface area contributed by atoms with Crippen molar-refractivity contribution in [2.75, 3.05) is 27.9 Å². The molecule has 0 saturated heterocycles. The lowest BCUT2D eigenvalue weighted by Gasteiger charge is -2.54. The van der Waals surface area contributed by atoms with Gasteiger partial charge in [0.25, 0.3) is 5.79 Å². The summed E-state index contributed by atoms with van der Waals surface area (Å²) in [6.07, 6.45) is 7.28. The predicted molar refractivity (Wildman–Crippen MR) is 182 cm³/mol. The van der Waals surface area contributed by atoms with Gasteiger partial charge < -0.3 is 34.5 Å². The Morgan fingerprint density at radius 1 is 0.957 bits per heavy atom. The van der Waals surface area contributed by atoms with Crippen molar-refractivity contribution in [3.05, 3.63) is 76.3 Å². The van der Waals surface area contributed by atoms with Crippen LogP contribution in [-0.2, 0) is 16.6 Å². The molecule has 2 aliphatic carbocycles. The highest BCUT2D eigenvalue weighted by atomic mass is 16.7. The maximum absolute atomic E-state index is 12.2. The predicted octanol–water partition coefficient (Wildman–Crippen LogP) is 7.03. The lowest BCUT2D eigenvalue weighted by Crippen LogP contribution is -2.54. The van der Waals surface area contributed by atoms with Crippen LogP contribution in [0.2, 0.25) is 0 Å². The quantitative estimate of drug-likeness (QED) is 0.308. The van der Waals surface area contributed by atoms with E-state index in [0.717, 1.165) is 31.2 Å². The Bertz CT molecular complexity index is 1730. The summed E-state index contributed by atoms with van der Waals surface area (Å²) < 4.78 is 27.5. The van der Waals surface area contributed by atoms with Crippen LogP contribution in [0.25, 0.3) is 11.6 Å². The zero-order valence-electron chi connectivity index (χ0n) is 28.6. The van der Waals surface area contributed by atoms with E-state index in [1.165, 1.54) is 23.1 Å². The zero-order chi connectivity index (χ0) is 33.7. The third-order valence-corrected chi connectivity index (χ3v) is 11.0. The summed E-state index contributed by atoms with van der Waals surface area (Å²) in [5, 5.41) is 11.0. The van der Waals surface area contributed by atoms with Gasteiger partial charge in [-0.2, -0.15) is 0 Å². The number of aliphatic hydroxyl groups is 1. The summed E-state index contributed by atoms with van der Waals surface area (Å²) in [5.41, 5.74) is 12.1. The number of rotatable bonds is 5. The Balaban J connectivity index is 0.000000166. The van der Waals surface area contributed by atoms with Crippen molar-refractivity contribution in [1.29, 1.82) is 0 Å². The summed E-state index contributed by atoms with van der Waals surface area (Å²) >= 11 is 0. The van der Waals surface area contributed by atoms with Crippen LogP contribution < -0.4 is 29.4 Å². The fraction of sp³-hybridized carbons (Fsp3) is 0.462. The van der Waals surface area contributed by atoms with E-state index in [0.29, 0.717) is 51.7 Å². The molecule has 3 N–H and O–H groups in total. The van der Waals surface area contributed by atoms with E-state index in [1.807, 2.05) is 18.2 Å². The number of fused-ring (bicyclic) bond motifs is 7. The molecular formula is C39H47NO7. The van der Waals surface area contributed by atoms with Crippen LogP contribution in [0, 0.1) is 11.3 Å². The van der Waals surface area contributed by atoms with Crippen molar-refractivity contribution in [3.63, 3.8) is 0 Å². The SMILES string of the molecule is CC(C)c1ccc2c(c1)CCC1C(C)(C(N)=O)CCCC21C.COc1ccc2c(c1)OC1(O)COc3cc(OC)c(OC)cc3C1=C2. The van der Waals surface area contributed by atoms with Crippen LogP contribution in [0.15, 0.2) is 48.5 Å². The summed E-state index contributed by atoms with van der Waals surface area (Å²) in [4.78, 5) is 12.2. The molecule has 1 fully saturated rings. The molecule has 0 radical (unpaired) electrons. The number of benzene rings is 3. The van der Waals surface area contributed by atoms with Crippen molar-refractivity contribution >= 4 is 17.6 Å². The average Bonchev–Trinajstić information content (AvgIpc) is 3.06. The normalized spacial score (nSPS) is 26.7. The van der Waals surface area contributed by atoms with Gasteiger partial charge in [-0.25, -0.2) is 0 Å². The first-order valence-corrected chi connectivity index (χ1v) is 16.5. The van der Waals surface area contributed by atoms with Gasteiger partial charge >= 0.3 is 0 Å². The Labute approximate surface area is 277 Å². The molecule has 4 atom stereocenters. The van der Waals surface area contributed by atoms with E-state index in [9.17, 15) is 9.90 Å². The molecule has 3 aromatic rings. The minimum Gasteiger partial charge on any atom is -0.497 e. The van der Waals surface area contributed by atoms with E-state index < -0.39 is 5.79 Å². The van der Waals surface area contributed by atoms with Gasteiger partial charge in [-0.05, 0) is 83.9 Å². The number of hydrogen-bond acceptors (Lipinski definition) is 7. The molecule has 3 aromatic carbocycles. The smallest absolute Gasteiger partial charge is 0.270 e. The highest BCUT2D eigenvalue weighted by molar-refractivity contribution is 5.92. The number of carbonyl (C=O) groups excluding carboxylic acids is 1. The fourth-order valence-electron chi connectivity index (χ4n) is 8.28. The van der Waals surface area contributed by atoms with Crippen LogP contribution >= 0.6 is 0 Å². The molecule has 0 bridgehead atoms. The van der Waals surface area contributed by atoms with Gasteiger partial charge in [-0.15, -0.1) is 0 Å². The highest BCUT2D eigenvalue weighted by Gasteiger charge is 2.54. The maximum atomic E-state index is 12.2. The maximum Gasteiger partial charge on any atom is 0.270 e. The fourth-order valence-corrected chi connectivity index (χ4v) is 8.28. The second kappa shape index (κ2) is 12.1.